The molecule has 0 atom stereocenters. The summed E-state index contributed by atoms with van der Waals surface area (Å²) in [7, 11) is 3.21. The van der Waals surface area contributed by atoms with E-state index in [-0.39, 0.29) is 0 Å². The van der Waals surface area contributed by atoms with Gasteiger partial charge in [0.25, 0.3) is 0 Å². The molecule has 2 aromatic heterocycles. The first kappa shape index (κ1) is 19.6. The molecule has 8 nitrogen and oxygen atoms in total. The molecule has 1 saturated heterocycles. The SMILES string of the molecule is COc1ccc(-c2noc(CN3CCC(c4nc5ccccc5o4)CC3)n2)cc1OC. The van der Waals surface area contributed by atoms with Gasteiger partial charge < -0.3 is 18.4 Å². The average Bonchev–Trinajstić information content (AvgIpc) is 3.46. The summed E-state index contributed by atoms with van der Waals surface area (Å²) in [6, 6.07) is 13.5. The van der Waals surface area contributed by atoms with Crippen molar-refractivity contribution in [2.45, 2.75) is 25.3 Å². The van der Waals surface area contributed by atoms with Crippen molar-refractivity contribution in [2.24, 2.45) is 0 Å². The van der Waals surface area contributed by atoms with E-state index in [0.29, 0.717) is 35.7 Å². The van der Waals surface area contributed by atoms with Crippen LogP contribution in [0.5, 0.6) is 11.5 Å². The number of hydrogen-bond acceptors (Lipinski definition) is 8. The smallest absolute Gasteiger partial charge is 0.241 e. The maximum Gasteiger partial charge on any atom is 0.241 e. The molecular weight excluding hydrogens is 396 g/mol. The molecule has 3 heterocycles. The minimum atomic E-state index is 0.341. The number of benzene rings is 2. The fourth-order valence-electron chi connectivity index (χ4n) is 4.01. The largest absolute Gasteiger partial charge is 0.493 e. The second kappa shape index (κ2) is 8.39. The summed E-state index contributed by atoms with van der Waals surface area (Å²) < 4.78 is 22.1. The Bertz CT molecular complexity index is 1140. The van der Waals surface area contributed by atoms with E-state index in [2.05, 4.69) is 20.0 Å². The minimum absolute atomic E-state index is 0.341. The molecule has 0 N–H and O–H groups in total. The van der Waals surface area contributed by atoms with E-state index >= 15 is 0 Å². The quantitative estimate of drug-likeness (QED) is 0.457. The van der Waals surface area contributed by atoms with Crippen LogP contribution in [0, 0.1) is 0 Å². The number of likely N-dealkylation sites (tertiary alicyclic amines) is 1. The maximum absolute atomic E-state index is 5.96. The van der Waals surface area contributed by atoms with Gasteiger partial charge in [-0.1, -0.05) is 17.3 Å². The lowest BCUT2D eigenvalue weighted by atomic mass is 9.97. The maximum atomic E-state index is 5.96. The van der Waals surface area contributed by atoms with Crippen LogP contribution in [0.1, 0.15) is 30.5 Å². The number of aromatic nitrogens is 3. The minimum Gasteiger partial charge on any atom is -0.493 e. The van der Waals surface area contributed by atoms with Crippen LogP contribution in [0.4, 0.5) is 0 Å². The third-order valence-corrected chi connectivity index (χ3v) is 5.72. The Morgan fingerprint density at radius 1 is 1.00 bits per heavy atom. The zero-order valence-electron chi connectivity index (χ0n) is 17.6. The number of hydrogen-bond donors (Lipinski definition) is 0. The van der Waals surface area contributed by atoms with Gasteiger partial charge in [-0.2, -0.15) is 4.98 Å². The Labute approximate surface area is 179 Å². The van der Waals surface area contributed by atoms with E-state index in [0.717, 1.165) is 48.5 Å². The fourth-order valence-corrected chi connectivity index (χ4v) is 4.01. The van der Waals surface area contributed by atoms with Gasteiger partial charge in [-0.15, -0.1) is 0 Å². The molecule has 160 valence electrons. The predicted octanol–water partition coefficient (Wildman–Crippen LogP) is 4.27. The van der Waals surface area contributed by atoms with E-state index in [9.17, 15) is 0 Å². The van der Waals surface area contributed by atoms with E-state index in [1.54, 1.807) is 14.2 Å². The lowest BCUT2D eigenvalue weighted by molar-refractivity contribution is 0.173. The first-order chi connectivity index (χ1) is 15.2. The van der Waals surface area contributed by atoms with E-state index < -0.39 is 0 Å². The van der Waals surface area contributed by atoms with Gasteiger partial charge in [0, 0.05) is 11.5 Å². The molecule has 0 unspecified atom stereocenters. The van der Waals surface area contributed by atoms with Crippen molar-refractivity contribution in [3.63, 3.8) is 0 Å². The van der Waals surface area contributed by atoms with Gasteiger partial charge in [-0.25, -0.2) is 4.98 Å². The molecule has 4 aromatic rings. The molecule has 0 bridgehead atoms. The van der Waals surface area contributed by atoms with Crippen molar-refractivity contribution in [3.8, 4) is 22.9 Å². The van der Waals surface area contributed by atoms with E-state index in [1.165, 1.54) is 0 Å². The zero-order valence-corrected chi connectivity index (χ0v) is 17.6. The van der Waals surface area contributed by atoms with Crippen LogP contribution in [0.25, 0.3) is 22.5 Å². The highest BCUT2D eigenvalue weighted by Gasteiger charge is 2.26. The molecule has 5 rings (SSSR count). The number of nitrogens with zero attached hydrogens (tertiary/aromatic N) is 4. The van der Waals surface area contributed by atoms with Crippen LogP contribution in [-0.2, 0) is 6.54 Å². The number of methoxy groups -OCH3 is 2. The Morgan fingerprint density at radius 2 is 1.81 bits per heavy atom. The standard InChI is InChI=1S/C23H24N4O4/c1-28-19-8-7-16(13-20(19)29-2)22-25-21(31-26-22)14-27-11-9-15(10-12-27)23-24-17-5-3-4-6-18(17)30-23/h3-8,13,15H,9-12,14H2,1-2H3. The van der Waals surface area contributed by atoms with Crippen molar-refractivity contribution >= 4 is 11.1 Å². The van der Waals surface area contributed by atoms with Gasteiger partial charge in [0.15, 0.2) is 23.0 Å². The van der Waals surface area contributed by atoms with Gasteiger partial charge in [0.1, 0.15) is 5.52 Å². The summed E-state index contributed by atoms with van der Waals surface area (Å²) in [6.07, 6.45) is 1.98. The van der Waals surface area contributed by atoms with Crippen LogP contribution in [-0.4, -0.2) is 47.3 Å². The first-order valence-electron chi connectivity index (χ1n) is 10.4. The second-order valence-electron chi connectivity index (χ2n) is 7.65. The van der Waals surface area contributed by atoms with E-state index in [1.807, 2.05) is 42.5 Å². The molecule has 0 amide bonds. The molecule has 8 heteroatoms. The highest BCUT2D eigenvalue weighted by molar-refractivity contribution is 5.72. The third kappa shape index (κ3) is 3.98. The van der Waals surface area contributed by atoms with Crippen LogP contribution in [0.3, 0.4) is 0 Å². The summed E-state index contributed by atoms with van der Waals surface area (Å²) in [6.45, 7) is 2.48. The molecule has 0 spiro atoms. The number of oxazole rings is 1. The fraction of sp³-hybridized carbons (Fsp3) is 0.348. The van der Waals surface area contributed by atoms with Gasteiger partial charge in [-0.3, -0.25) is 4.90 Å². The molecular formula is C23H24N4O4. The normalized spacial score (nSPS) is 15.4. The summed E-state index contributed by atoms with van der Waals surface area (Å²) in [5.74, 6) is 3.62. The first-order valence-corrected chi connectivity index (χ1v) is 10.4. The molecule has 1 fully saturated rings. The second-order valence-corrected chi connectivity index (χ2v) is 7.65. The molecule has 2 aromatic carbocycles. The number of para-hydroxylation sites is 2. The van der Waals surface area contributed by atoms with Gasteiger partial charge >= 0.3 is 0 Å². The Hall–Kier alpha value is -3.39. The average molecular weight is 420 g/mol. The summed E-state index contributed by atoms with van der Waals surface area (Å²) in [5.41, 5.74) is 2.60. The highest BCUT2D eigenvalue weighted by atomic mass is 16.5. The molecule has 1 aliphatic rings. The van der Waals surface area contributed by atoms with Crippen LogP contribution >= 0.6 is 0 Å². The third-order valence-electron chi connectivity index (χ3n) is 5.72. The molecule has 31 heavy (non-hydrogen) atoms. The highest BCUT2D eigenvalue weighted by Crippen LogP contribution is 2.32. The lowest BCUT2D eigenvalue weighted by Gasteiger charge is -2.29. The summed E-state index contributed by atoms with van der Waals surface area (Å²) >= 11 is 0. The molecule has 1 aliphatic heterocycles. The van der Waals surface area contributed by atoms with Crippen LogP contribution < -0.4 is 9.47 Å². The number of piperidine rings is 1. The monoisotopic (exact) mass is 420 g/mol. The topological polar surface area (TPSA) is 86.7 Å². The molecule has 0 radical (unpaired) electrons. The van der Waals surface area contributed by atoms with Gasteiger partial charge in [0.2, 0.25) is 11.7 Å². The number of ether oxygens (including phenoxy) is 2. The molecule has 0 aliphatic carbocycles. The van der Waals surface area contributed by atoms with E-state index in [4.69, 9.17) is 18.4 Å². The number of fused-ring (bicyclic) bond motifs is 1. The Balaban J connectivity index is 1.22. The van der Waals surface area contributed by atoms with Crippen LogP contribution in [0.15, 0.2) is 51.4 Å². The van der Waals surface area contributed by atoms with Crippen molar-refractivity contribution in [1.82, 2.24) is 20.0 Å². The van der Waals surface area contributed by atoms with Crippen molar-refractivity contribution in [1.29, 1.82) is 0 Å². The van der Waals surface area contributed by atoms with Crippen molar-refractivity contribution in [3.05, 3.63) is 54.2 Å². The van der Waals surface area contributed by atoms with Crippen molar-refractivity contribution in [2.75, 3.05) is 27.3 Å². The Kier molecular flexibility index (Phi) is 5.30. The van der Waals surface area contributed by atoms with Gasteiger partial charge in [-0.05, 0) is 56.3 Å². The zero-order chi connectivity index (χ0) is 21.2. The lowest BCUT2D eigenvalue weighted by Crippen LogP contribution is -2.32. The summed E-state index contributed by atoms with van der Waals surface area (Å²) in [5, 5.41) is 4.14. The molecule has 0 saturated carbocycles. The Morgan fingerprint density at radius 3 is 2.58 bits per heavy atom. The van der Waals surface area contributed by atoms with Gasteiger partial charge in [0.05, 0.1) is 20.8 Å². The summed E-state index contributed by atoms with van der Waals surface area (Å²) in [4.78, 5) is 11.6. The van der Waals surface area contributed by atoms with Crippen LogP contribution in [0.2, 0.25) is 0 Å². The van der Waals surface area contributed by atoms with Crippen molar-refractivity contribution < 1.29 is 18.4 Å². The number of rotatable bonds is 6. The predicted molar refractivity (Wildman–Crippen MR) is 114 cm³/mol.